The summed E-state index contributed by atoms with van der Waals surface area (Å²) in [7, 11) is 0. The highest BCUT2D eigenvalue weighted by molar-refractivity contribution is 6.05. The van der Waals surface area contributed by atoms with E-state index in [1.165, 1.54) is 0 Å². The Hall–Kier alpha value is -3.40. The molecule has 0 aliphatic carbocycles. The molecule has 1 N–H and O–H groups in total. The number of hydrogen-bond acceptors (Lipinski definition) is 3. The molecule has 27 heavy (non-hydrogen) atoms. The molecule has 0 spiro atoms. The molecule has 0 saturated carbocycles. The summed E-state index contributed by atoms with van der Waals surface area (Å²) in [6.45, 7) is 3.81. The monoisotopic (exact) mass is 359 g/mol. The zero-order valence-corrected chi connectivity index (χ0v) is 15.4. The van der Waals surface area contributed by atoms with Gasteiger partial charge in [0.15, 0.2) is 12.4 Å². The third-order valence-corrected chi connectivity index (χ3v) is 4.23. The molecule has 3 aromatic carbocycles. The number of ketones is 1. The Morgan fingerprint density at radius 1 is 0.889 bits per heavy atom. The van der Waals surface area contributed by atoms with Crippen molar-refractivity contribution in [3.63, 3.8) is 0 Å². The van der Waals surface area contributed by atoms with Gasteiger partial charge >= 0.3 is 0 Å². The van der Waals surface area contributed by atoms with E-state index in [4.69, 9.17) is 4.74 Å². The van der Waals surface area contributed by atoms with Crippen LogP contribution in [0.4, 0.5) is 5.69 Å². The molecule has 3 aromatic rings. The van der Waals surface area contributed by atoms with Crippen LogP contribution in [0, 0.1) is 13.8 Å². The Morgan fingerprint density at radius 3 is 2.37 bits per heavy atom. The lowest BCUT2D eigenvalue weighted by Crippen LogP contribution is -2.14. The fourth-order valence-corrected chi connectivity index (χ4v) is 2.66. The average molecular weight is 359 g/mol. The average Bonchev–Trinajstić information content (AvgIpc) is 2.67. The Labute approximate surface area is 158 Å². The third-order valence-electron chi connectivity index (χ3n) is 4.23. The smallest absolute Gasteiger partial charge is 0.255 e. The lowest BCUT2D eigenvalue weighted by molar-refractivity contribution is 0.0920. The van der Waals surface area contributed by atoms with Gasteiger partial charge in [-0.1, -0.05) is 54.1 Å². The molecule has 0 atom stereocenters. The second kappa shape index (κ2) is 8.32. The van der Waals surface area contributed by atoms with Gasteiger partial charge in [0.25, 0.3) is 5.91 Å². The third kappa shape index (κ3) is 4.82. The number of amides is 1. The molecule has 0 unspecified atom stereocenters. The number of carbonyl (C=O) groups is 2. The van der Waals surface area contributed by atoms with Gasteiger partial charge in [-0.15, -0.1) is 0 Å². The largest absolute Gasteiger partial charge is 0.485 e. The van der Waals surface area contributed by atoms with Crippen LogP contribution in [-0.2, 0) is 0 Å². The molecule has 136 valence electrons. The Balaban J connectivity index is 1.63. The highest BCUT2D eigenvalue weighted by Gasteiger charge is 2.10. The van der Waals surface area contributed by atoms with Crippen molar-refractivity contribution in [2.24, 2.45) is 0 Å². The molecule has 3 rings (SSSR count). The number of hydrogen-bond donors (Lipinski definition) is 1. The number of rotatable bonds is 6. The maximum Gasteiger partial charge on any atom is 0.255 e. The lowest BCUT2D eigenvalue weighted by atomic mass is 10.1. The second-order valence-corrected chi connectivity index (χ2v) is 6.37. The minimum atomic E-state index is -0.180. The molecule has 0 aliphatic heterocycles. The number of Topliss-reactive ketones (excluding diaryl/α,β-unsaturated/α-hetero) is 1. The molecule has 0 bridgehead atoms. The summed E-state index contributed by atoms with van der Waals surface area (Å²) in [5.74, 6) is 0.253. The summed E-state index contributed by atoms with van der Waals surface area (Å²) in [5, 5.41) is 2.86. The molecule has 0 aliphatic rings. The maximum atomic E-state index is 12.4. The molecule has 1 amide bonds. The van der Waals surface area contributed by atoms with Crippen LogP contribution >= 0.6 is 0 Å². The number of anilines is 1. The summed E-state index contributed by atoms with van der Waals surface area (Å²) >= 11 is 0. The Kier molecular flexibility index (Phi) is 5.67. The highest BCUT2D eigenvalue weighted by Crippen LogP contribution is 2.19. The molecule has 0 fully saturated rings. The predicted octanol–water partition coefficient (Wildman–Crippen LogP) is 4.82. The summed E-state index contributed by atoms with van der Waals surface area (Å²) < 4.78 is 5.60. The first kappa shape index (κ1) is 18.4. The number of benzene rings is 3. The first-order valence-electron chi connectivity index (χ1n) is 8.72. The molecule has 4 heteroatoms. The molecular formula is C23H21NO3. The van der Waals surface area contributed by atoms with Gasteiger partial charge in [0.1, 0.15) is 5.75 Å². The zero-order valence-electron chi connectivity index (χ0n) is 15.4. The van der Waals surface area contributed by atoms with E-state index in [2.05, 4.69) is 5.32 Å². The normalized spacial score (nSPS) is 10.3. The van der Waals surface area contributed by atoms with Gasteiger partial charge in [-0.05, 0) is 37.6 Å². The highest BCUT2D eigenvalue weighted by atomic mass is 16.5. The van der Waals surface area contributed by atoms with Gasteiger partial charge in [0.05, 0.1) is 0 Å². The van der Waals surface area contributed by atoms with Crippen LogP contribution < -0.4 is 10.1 Å². The number of carbonyl (C=O) groups excluding carboxylic acids is 2. The van der Waals surface area contributed by atoms with E-state index in [0.717, 1.165) is 11.1 Å². The van der Waals surface area contributed by atoms with E-state index in [9.17, 15) is 9.59 Å². The van der Waals surface area contributed by atoms with Crippen LogP contribution in [0.3, 0.4) is 0 Å². The van der Waals surface area contributed by atoms with Crippen molar-refractivity contribution in [1.29, 1.82) is 0 Å². The lowest BCUT2D eigenvalue weighted by Gasteiger charge is -2.10. The van der Waals surface area contributed by atoms with Gasteiger partial charge < -0.3 is 10.1 Å². The van der Waals surface area contributed by atoms with Crippen LogP contribution in [0.2, 0.25) is 0 Å². The van der Waals surface area contributed by atoms with Crippen molar-refractivity contribution >= 4 is 17.4 Å². The van der Waals surface area contributed by atoms with Crippen molar-refractivity contribution in [1.82, 2.24) is 0 Å². The summed E-state index contributed by atoms with van der Waals surface area (Å²) in [4.78, 5) is 24.6. The van der Waals surface area contributed by atoms with Crippen molar-refractivity contribution in [2.75, 3.05) is 11.9 Å². The van der Waals surface area contributed by atoms with E-state index in [1.54, 1.807) is 42.5 Å². The Morgan fingerprint density at radius 2 is 1.63 bits per heavy atom. The fourth-order valence-electron chi connectivity index (χ4n) is 2.66. The summed E-state index contributed by atoms with van der Waals surface area (Å²) in [5.41, 5.74) is 3.86. The van der Waals surface area contributed by atoms with Crippen molar-refractivity contribution < 1.29 is 14.3 Å². The maximum absolute atomic E-state index is 12.4. The number of nitrogens with one attached hydrogen (secondary N) is 1. The van der Waals surface area contributed by atoms with E-state index in [1.807, 2.05) is 44.2 Å². The first-order chi connectivity index (χ1) is 13.0. The number of ether oxygens (including phenoxy) is 1. The van der Waals surface area contributed by atoms with Crippen LogP contribution in [0.1, 0.15) is 31.8 Å². The van der Waals surface area contributed by atoms with E-state index in [-0.39, 0.29) is 18.3 Å². The number of aryl methyl sites for hydroxylation is 2. The van der Waals surface area contributed by atoms with Gasteiger partial charge in [-0.2, -0.15) is 0 Å². The first-order valence-corrected chi connectivity index (χ1v) is 8.72. The molecular weight excluding hydrogens is 338 g/mol. The Bertz CT molecular complexity index is 961. The molecule has 0 heterocycles. The molecule has 0 saturated heterocycles. The van der Waals surface area contributed by atoms with Crippen LogP contribution in [0.5, 0.6) is 5.75 Å². The predicted molar refractivity (Wildman–Crippen MR) is 107 cm³/mol. The van der Waals surface area contributed by atoms with E-state index >= 15 is 0 Å². The van der Waals surface area contributed by atoms with Crippen molar-refractivity contribution in [3.8, 4) is 5.75 Å². The molecule has 4 nitrogen and oxygen atoms in total. The van der Waals surface area contributed by atoms with Crippen molar-refractivity contribution in [2.45, 2.75) is 13.8 Å². The van der Waals surface area contributed by atoms with Crippen LogP contribution in [-0.4, -0.2) is 18.3 Å². The molecule has 0 aromatic heterocycles. The van der Waals surface area contributed by atoms with Gasteiger partial charge in [-0.3, -0.25) is 9.59 Å². The standard InChI is InChI=1S/C23H21NO3/c1-16-10-12-18(13-11-16)22(25)15-27-20-8-5-7-19(14-20)24-23(26)21-9-4-3-6-17(21)2/h3-14H,15H2,1-2H3,(H,24,26). The second-order valence-electron chi connectivity index (χ2n) is 6.37. The fraction of sp³-hybridized carbons (Fsp3) is 0.130. The summed E-state index contributed by atoms with van der Waals surface area (Å²) in [6, 6.07) is 21.8. The summed E-state index contributed by atoms with van der Waals surface area (Å²) in [6.07, 6.45) is 0. The van der Waals surface area contributed by atoms with Crippen LogP contribution in [0.15, 0.2) is 72.8 Å². The minimum absolute atomic E-state index is 0.0573. The zero-order chi connectivity index (χ0) is 19.2. The van der Waals surface area contributed by atoms with E-state index in [0.29, 0.717) is 22.6 Å². The van der Waals surface area contributed by atoms with Crippen LogP contribution in [0.25, 0.3) is 0 Å². The topological polar surface area (TPSA) is 55.4 Å². The SMILES string of the molecule is Cc1ccc(C(=O)COc2cccc(NC(=O)c3ccccc3C)c2)cc1. The van der Waals surface area contributed by atoms with E-state index < -0.39 is 0 Å². The van der Waals surface area contributed by atoms with Crippen molar-refractivity contribution in [3.05, 3.63) is 95.1 Å². The minimum Gasteiger partial charge on any atom is -0.485 e. The van der Waals surface area contributed by atoms with Gasteiger partial charge in [-0.25, -0.2) is 0 Å². The van der Waals surface area contributed by atoms with Gasteiger partial charge in [0, 0.05) is 22.9 Å². The molecule has 0 radical (unpaired) electrons. The quantitative estimate of drug-likeness (QED) is 0.642. The van der Waals surface area contributed by atoms with Gasteiger partial charge in [0.2, 0.25) is 0 Å².